The number of nitrogens with one attached hydrogen (secondary N) is 1. The van der Waals surface area contributed by atoms with Crippen LogP contribution in [0.15, 0.2) is 18.2 Å². The van der Waals surface area contributed by atoms with E-state index in [-0.39, 0.29) is 5.91 Å². The van der Waals surface area contributed by atoms with Crippen LogP contribution in [0.25, 0.3) is 0 Å². The topological polar surface area (TPSA) is 55.1 Å². The Balaban J connectivity index is 2.96. The van der Waals surface area contributed by atoms with E-state index in [4.69, 9.17) is 5.73 Å². The normalized spacial score (nSPS) is 9.77. The minimum atomic E-state index is -0.0581. The fourth-order valence-corrected chi connectivity index (χ4v) is 1.12. The van der Waals surface area contributed by atoms with Gasteiger partial charge in [-0.15, -0.1) is 0 Å². The maximum atomic E-state index is 10.8. The largest absolute Gasteiger partial charge is 0.326 e. The lowest BCUT2D eigenvalue weighted by Gasteiger charge is -2.07. The Labute approximate surface area is 77.9 Å². The van der Waals surface area contributed by atoms with Crippen LogP contribution >= 0.6 is 0 Å². The molecule has 0 radical (unpaired) electrons. The number of nitrogens with two attached hydrogens (primary N) is 1. The van der Waals surface area contributed by atoms with Gasteiger partial charge in [0.25, 0.3) is 0 Å². The maximum absolute atomic E-state index is 10.8. The third kappa shape index (κ3) is 2.56. The minimum absolute atomic E-state index is 0.0581. The van der Waals surface area contributed by atoms with Gasteiger partial charge in [0, 0.05) is 19.2 Å². The Kier molecular flexibility index (Phi) is 3.03. The molecule has 0 saturated heterocycles. The van der Waals surface area contributed by atoms with E-state index >= 15 is 0 Å². The predicted molar refractivity (Wildman–Crippen MR) is 53.4 cm³/mol. The van der Waals surface area contributed by atoms with Gasteiger partial charge in [0.2, 0.25) is 5.91 Å². The zero-order valence-corrected chi connectivity index (χ0v) is 7.92. The first-order chi connectivity index (χ1) is 6.13. The second kappa shape index (κ2) is 4.05. The Bertz CT molecular complexity index is 321. The molecule has 0 aliphatic heterocycles. The van der Waals surface area contributed by atoms with Crippen LogP contribution in [0.5, 0.6) is 0 Å². The summed E-state index contributed by atoms with van der Waals surface area (Å²) in [5.74, 6) is -0.0581. The Hall–Kier alpha value is -1.35. The number of hydrogen-bond donors (Lipinski definition) is 2. The summed E-state index contributed by atoms with van der Waals surface area (Å²) in [4.78, 5) is 10.8. The molecule has 3 heteroatoms. The summed E-state index contributed by atoms with van der Waals surface area (Å²) in [7, 11) is 0. The first-order valence-corrected chi connectivity index (χ1v) is 4.20. The highest BCUT2D eigenvalue weighted by atomic mass is 16.1. The van der Waals surface area contributed by atoms with Crippen molar-refractivity contribution in [3.05, 3.63) is 29.3 Å². The van der Waals surface area contributed by atoms with Crippen LogP contribution in [0.1, 0.15) is 18.1 Å². The minimum Gasteiger partial charge on any atom is -0.326 e. The van der Waals surface area contributed by atoms with Crippen LogP contribution in [0.4, 0.5) is 5.69 Å². The second-order valence-corrected chi connectivity index (χ2v) is 3.03. The number of hydrogen-bond acceptors (Lipinski definition) is 2. The number of benzene rings is 1. The molecule has 1 aromatic carbocycles. The highest BCUT2D eigenvalue weighted by Crippen LogP contribution is 2.16. The van der Waals surface area contributed by atoms with Crippen LogP contribution in [-0.4, -0.2) is 5.91 Å². The molecule has 0 aliphatic carbocycles. The first kappa shape index (κ1) is 9.74. The molecule has 1 aromatic rings. The number of anilines is 1. The van der Waals surface area contributed by atoms with Crippen molar-refractivity contribution in [2.24, 2.45) is 5.73 Å². The van der Waals surface area contributed by atoms with Gasteiger partial charge in [0.1, 0.15) is 0 Å². The van der Waals surface area contributed by atoms with Gasteiger partial charge in [0.05, 0.1) is 0 Å². The van der Waals surface area contributed by atoms with E-state index in [0.29, 0.717) is 6.54 Å². The molecule has 0 saturated carbocycles. The Morgan fingerprint density at radius 1 is 1.54 bits per heavy atom. The van der Waals surface area contributed by atoms with E-state index in [0.717, 1.165) is 16.8 Å². The molecule has 0 atom stereocenters. The molecule has 1 rings (SSSR count). The van der Waals surface area contributed by atoms with Crippen LogP contribution in [-0.2, 0) is 11.3 Å². The number of amides is 1. The summed E-state index contributed by atoms with van der Waals surface area (Å²) in [5.41, 5.74) is 8.40. The summed E-state index contributed by atoms with van der Waals surface area (Å²) in [6, 6.07) is 5.81. The van der Waals surface area contributed by atoms with Crippen molar-refractivity contribution in [2.75, 3.05) is 5.32 Å². The van der Waals surface area contributed by atoms with E-state index in [1.807, 2.05) is 25.1 Å². The van der Waals surface area contributed by atoms with E-state index in [1.54, 1.807) is 0 Å². The fraction of sp³-hybridized carbons (Fsp3) is 0.300. The van der Waals surface area contributed by atoms with Crippen molar-refractivity contribution in [3.8, 4) is 0 Å². The van der Waals surface area contributed by atoms with E-state index in [9.17, 15) is 4.79 Å². The van der Waals surface area contributed by atoms with Crippen LogP contribution in [0.3, 0.4) is 0 Å². The molecule has 0 fully saturated rings. The molecule has 0 unspecified atom stereocenters. The van der Waals surface area contributed by atoms with Gasteiger partial charge < -0.3 is 11.1 Å². The zero-order valence-electron chi connectivity index (χ0n) is 7.92. The molecule has 70 valence electrons. The fourth-order valence-electron chi connectivity index (χ4n) is 1.12. The van der Waals surface area contributed by atoms with Gasteiger partial charge in [-0.3, -0.25) is 4.79 Å². The Morgan fingerprint density at radius 2 is 2.23 bits per heavy atom. The maximum Gasteiger partial charge on any atom is 0.221 e. The van der Waals surface area contributed by atoms with Crippen LogP contribution in [0, 0.1) is 6.92 Å². The molecular formula is C10H14N2O. The summed E-state index contributed by atoms with van der Waals surface area (Å²) in [6.07, 6.45) is 0. The summed E-state index contributed by atoms with van der Waals surface area (Å²) >= 11 is 0. The van der Waals surface area contributed by atoms with E-state index in [2.05, 4.69) is 5.32 Å². The monoisotopic (exact) mass is 178 g/mol. The predicted octanol–water partition coefficient (Wildman–Crippen LogP) is 1.41. The zero-order chi connectivity index (χ0) is 9.84. The molecule has 3 nitrogen and oxygen atoms in total. The lowest BCUT2D eigenvalue weighted by Crippen LogP contribution is -2.08. The SMILES string of the molecule is CC(=O)Nc1cc(CN)ccc1C. The number of carbonyl (C=O) groups is 1. The average Bonchev–Trinajstić information content (AvgIpc) is 2.08. The second-order valence-electron chi connectivity index (χ2n) is 3.03. The molecule has 0 bridgehead atoms. The van der Waals surface area contributed by atoms with E-state index < -0.39 is 0 Å². The number of carbonyl (C=O) groups excluding carboxylic acids is 1. The molecule has 13 heavy (non-hydrogen) atoms. The Morgan fingerprint density at radius 3 is 2.77 bits per heavy atom. The lowest BCUT2D eigenvalue weighted by atomic mass is 10.1. The number of aryl methyl sites for hydroxylation is 1. The molecule has 0 spiro atoms. The first-order valence-electron chi connectivity index (χ1n) is 4.20. The summed E-state index contributed by atoms with van der Waals surface area (Å²) in [6.45, 7) is 3.94. The van der Waals surface area contributed by atoms with Gasteiger partial charge >= 0.3 is 0 Å². The molecule has 0 aromatic heterocycles. The van der Waals surface area contributed by atoms with Gasteiger partial charge in [-0.1, -0.05) is 12.1 Å². The highest BCUT2D eigenvalue weighted by Gasteiger charge is 2.00. The van der Waals surface area contributed by atoms with Crippen molar-refractivity contribution in [1.29, 1.82) is 0 Å². The van der Waals surface area contributed by atoms with Gasteiger partial charge in [-0.25, -0.2) is 0 Å². The van der Waals surface area contributed by atoms with Crippen LogP contribution < -0.4 is 11.1 Å². The quantitative estimate of drug-likeness (QED) is 0.719. The van der Waals surface area contributed by atoms with Crippen molar-refractivity contribution in [3.63, 3.8) is 0 Å². The van der Waals surface area contributed by atoms with E-state index in [1.165, 1.54) is 6.92 Å². The van der Waals surface area contributed by atoms with Crippen LogP contribution in [0.2, 0.25) is 0 Å². The van der Waals surface area contributed by atoms with Gasteiger partial charge in [-0.2, -0.15) is 0 Å². The molecular weight excluding hydrogens is 164 g/mol. The van der Waals surface area contributed by atoms with Crippen molar-refractivity contribution >= 4 is 11.6 Å². The molecule has 0 aliphatic rings. The van der Waals surface area contributed by atoms with Gasteiger partial charge in [-0.05, 0) is 24.1 Å². The summed E-state index contributed by atoms with van der Waals surface area (Å²) < 4.78 is 0. The highest BCUT2D eigenvalue weighted by molar-refractivity contribution is 5.89. The molecule has 3 N–H and O–H groups in total. The van der Waals surface area contributed by atoms with Crippen molar-refractivity contribution in [2.45, 2.75) is 20.4 Å². The van der Waals surface area contributed by atoms with Crippen molar-refractivity contribution in [1.82, 2.24) is 0 Å². The summed E-state index contributed by atoms with van der Waals surface area (Å²) in [5, 5.41) is 2.75. The smallest absolute Gasteiger partial charge is 0.221 e. The molecule has 1 amide bonds. The number of rotatable bonds is 2. The molecule has 0 heterocycles. The standard InChI is InChI=1S/C10H14N2O/c1-7-3-4-9(6-11)5-10(7)12-8(2)13/h3-5H,6,11H2,1-2H3,(H,12,13). The average molecular weight is 178 g/mol. The van der Waals surface area contributed by atoms with Crippen molar-refractivity contribution < 1.29 is 4.79 Å². The van der Waals surface area contributed by atoms with Gasteiger partial charge in [0.15, 0.2) is 0 Å². The lowest BCUT2D eigenvalue weighted by molar-refractivity contribution is -0.114. The third-order valence-corrected chi connectivity index (χ3v) is 1.85. The third-order valence-electron chi connectivity index (χ3n) is 1.85.